The zero-order chi connectivity index (χ0) is 10.2. The Morgan fingerprint density at radius 2 is 1.46 bits per heavy atom. The fraction of sp³-hybridized carbons (Fsp3) is 0.667. The molecule has 0 rings (SSSR count). The van der Waals surface area contributed by atoms with E-state index in [-0.39, 0.29) is 5.48 Å². The van der Waals surface area contributed by atoms with Gasteiger partial charge in [0.2, 0.25) is 0 Å². The van der Waals surface area contributed by atoms with Crippen LogP contribution >= 0.6 is 0 Å². The van der Waals surface area contributed by atoms with Crippen LogP contribution < -0.4 is 0 Å². The monoisotopic (exact) mass is 211 g/mol. The van der Waals surface area contributed by atoms with E-state index in [1.165, 1.54) is 0 Å². The maximum atomic E-state index is 11.7. The van der Waals surface area contributed by atoms with Crippen LogP contribution in [-0.4, -0.2) is 28.4 Å². The highest BCUT2D eigenvalue weighted by Gasteiger charge is 2.65. The SMILES string of the molecule is O.O=C(C(F)(F)F)C(F)(F)[N+](=O)[O-]. The molecule has 0 unspecified atom stereocenters. The Bertz CT molecular complexity index is 222. The molecule has 0 heterocycles. The number of alkyl halides is 5. The summed E-state index contributed by atoms with van der Waals surface area (Å²) in [5.41, 5.74) is 0. The fourth-order valence-corrected chi connectivity index (χ4v) is 0.253. The van der Waals surface area contributed by atoms with Gasteiger partial charge in [-0.2, -0.15) is 13.2 Å². The van der Waals surface area contributed by atoms with Crippen LogP contribution in [0.5, 0.6) is 0 Å². The van der Waals surface area contributed by atoms with Crippen molar-refractivity contribution in [2.24, 2.45) is 0 Å². The highest BCUT2D eigenvalue weighted by atomic mass is 19.4. The van der Waals surface area contributed by atoms with Gasteiger partial charge < -0.3 is 5.48 Å². The minimum absolute atomic E-state index is 0. The number of rotatable bonds is 2. The summed E-state index contributed by atoms with van der Waals surface area (Å²) < 4.78 is 56.8. The normalized spacial score (nSPS) is 11.8. The second-order valence-corrected chi connectivity index (χ2v) is 1.63. The van der Waals surface area contributed by atoms with Crippen LogP contribution in [0, 0.1) is 10.1 Å². The van der Waals surface area contributed by atoms with E-state index in [0.29, 0.717) is 0 Å². The summed E-state index contributed by atoms with van der Waals surface area (Å²) >= 11 is 0. The molecule has 0 bridgehead atoms. The molecular weight excluding hydrogens is 209 g/mol. The summed E-state index contributed by atoms with van der Waals surface area (Å²) in [5.74, 6) is -3.68. The lowest BCUT2D eigenvalue weighted by molar-refractivity contribution is -0.624. The van der Waals surface area contributed by atoms with Crippen molar-refractivity contribution in [3.8, 4) is 0 Å². The average Bonchev–Trinajstić information content (AvgIpc) is 1.83. The number of nitrogens with zero attached hydrogens (tertiary/aromatic N) is 1. The molecule has 0 aromatic carbocycles. The Morgan fingerprint density at radius 1 is 1.15 bits per heavy atom. The van der Waals surface area contributed by atoms with Crippen molar-refractivity contribution >= 4 is 5.78 Å². The third kappa shape index (κ3) is 2.89. The van der Waals surface area contributed by atoms with Crippen LogP contribution in [0.25, 0.3) is 0 Å². The van der Waals surface area contributed by atoms with Crippen LogP contribution in [0.3, 0.4) is 0 Å². The van der Waals surface area contributed by atoms with Crippen molar-refractivity contribution in [3.05, 3.63) is 10.1 Å². The van der Waals surface area contributed by atoms with Crippen molar-refractivity contribution in [2.45, 2.75) is 12.2 Å². The van der Waals surface area contributed by atoms with E-state index in [0.717, 1.165) is 0 Å². The van der Waals surface area contributed by atoms with Gasteiger partial charge in [0, 0.05) is 0 Å². The molecular formula is C3H2F5NO4. The van der Waals surface area contributed by atoms with E-state index in [1.54, 1.807) is 0 Å². The van der Waals surface area contributed by atoms with Gasteiger partial charge in [-0.05, 0) is 0 Å². The molecule has 13 heavy (non-hydrogen) atoms. The third-order valence-electron chi connectivity index (χ3n) is 0.760. The average molecular weight is 211 g/mol. The fourth-order valence-electron chi connectivity index (χ4n) is 0.253. The first-order valence-electron chi connectivity index (χ1n) is 2.24. The molecule has 0 aliphatic carbocycles. The van der Waals surface area contributed by atoms with E-state index < -0.39 is 22.9 Å². The van der Waals surface area contributed by atoms with Crippen molar-refractivity contribution < 1.29 is 37.1 Å². The van der Waals surface area contributed by atoms with Gasteiger partial charge in [-0.3, -0.25) is 14.9 Å². The maximum Gasteiger partial charge on any atom is 0.582 e. The van der Waals surface area contributed by atoms with Crippen LogP contribution in [0.4, 0.5) is 22.0 Å². The Kier molecular flexibility index (Phi) is 3.93. The smallest absolute Gasteiger partial charge is 0.412 e. The second-order valence-electron chi connectivity index (χ2n) is 1.63. The Balaban J connectivity index is 0. The summed E-state index contributed by atoms with van der Waals surface area (Å²) in [6.45, 7) is 0. The predicted molar refractivity (Wildman–Crippen MR) is 26.6 cm³/mol. The maximum absolute atomic E-state index is 11.7. The van der Waals surface area contributed by atoms with Gasteiger partial charge in [0.15, 0.2) is 0 Å². The van der Waals surface area contributed by atoms with Crippen molar-refractivity contribution in [1.82, 2.24) is 0 Å². The first kappa shape index (κ1) is 14.2. The molecule has 78 valence electrons. The van der Waals surface area contributed by atoms with Crippen LogP contribution in [0.2, 0.25) is 0 Å². The molecule has 0 radical (unpaired) electrons. The Morgan fingerprint density at radius 3 is 1.54 bits per heavy atom. The molecule has 0 aliphatic rings. The highest BCUT2D eigenvalue weighted by Crippen LogP contribution is 2.27. The first-order chi connectivity index (χ1) is 5.10. The second kappa shape index (κ2) is 3.60. The zero-order valence-electron chi connectivity index (χ0n) is 5.56. The van der Waals surface area contributed by atoms with Crippen molar-refractivity contribution in [1.29, 1.82) is 0 Å². The molecule has 0 aromatic rings. The molecule has 5 nitrogen and oxygen atoms in total. The molecule has 0 saturated carbocycles. The zero-order valence-corrected chi connectivity index (χ0v) is 5.56. The Labute approximate surface area is 66.6 Å². The number of hydrogen-bond donors (Lipinski definition) is 0. The number of carbonyl (C=O) groups is 1. The van der Waals surface area contributed by atoms with Crippen molar-refractivity contribution in [2.75, 3.05) is 0 Å². The minimum Gasteiger partial charge on any atom is -0.412 e. The largest absolute Gasteiger partial charge is 0.582 e. The van der Waals surface area contributed by atoms with E-state index >= 15 is 0 Å². The van der Waals surface area contributed by atoms with Gasteiger partial charge in [0.05, 0.1) is 0 Å². The van der Waals surface area contributed by atoms with Crippen LogP contribution in [0.15, 0.2) is 0 Å². The standard InChI is InChI=1S/C3F5NO3.H2O/c4-2(5,6)1(10)3(7,8)9(11)12;/h;1H2. The lowest BCUT2D eigenvalue weighted by Gasteiger charge is -2.07. The van der Waals surface area contributed by atoms with Gasteiger partial charge in [0.25, 0.3) is 0 Å². The molecule has 0 aliphatic heterocycles. The lowest BCUT2D eigenvalue weighted by Crippen LogP contribution is -2.45. The molecule has 0 amide bonds. The van der Waals surface area contributed by atoms with E-state index in [2.05, 4.69) is 0 Å². The lowest BCUT2D eigenvalue weighted by atomic mass is 10.3. The Hall–Kier alpha value is -1.32. The molecule has 0 spiro atoms. The summed E-state index contributed by atoms with van der Waals surface area (Å²) in [6, 6.07) is -5.60. The summed E-state index contributed by atoms with van der Waals surface area (Å²) in [4.78, 5) is 16.3. The first-order valence-corrected chi connectivity index (χ1v) is 2.24. The van der Waals surface area contributed by atoms with Gasteiger partial charge in [-0.25, -0.2) is 0 Å². The number of nitro groups is 1. The van der Waals surface area contributed by atoms with Gasteiger partial charge in [0.1, 0.15) is 4.92 Å². The van der Waals surface area contributed by atoms with Gasteiger partial charge in [-0.1, -0.05) is 0 Å². The number of hydrogen-bond acceptors (Lipinski definition) is 3. The van der Waals surface area contributed by atoms with Crippen LogP contribution in [-0.2, 0) is 4.79 Å². The predicted octanol–water partition coefficient (Wildman–Crippen LogP) is 0.163. The van der Waals surface area contributed by atoms with Crippen LogP contribution in [0.1, 0.15) is 0 Å². The van der Waals surface area contributed by atoms with Crippen molar-refractivity contribution in [3.63, 3.8) is 0 Å². The number of halogens is 5. The minimum atomic E-state index is -5.91. The van der Waals surface area contributed by atoms with Gasteiger partial charge in [-0.15, -0.1) is 8.78 Å². The molecule has 10 heteroatoms. The summed E-state index contributed by atoms with van der Waals surface area (Å²) in [6.07, 6.45) is -5.91. The topological polar surface area (TPSA) is 91.7 Å². The molecule has 0 fully saturated rings. The van der Waals surface area contributed by atoms with E-state index in [1.807, 2.05) is 0 Å². The number of Topliss-reactive ketones (excluding diaryl/α,β-unsaturated/α-hetero) is 1. The number of ketones is 1. The summed E-state index contributed by atoms with van der Waals surface area (Å²) in [5, 5.41) is 9.24. The summed E-state index contributed by atoms with van der Waals surface area (Å²) in [7, 11) is 0. The van der Waals surface area contributed by atoms with E-state index in [4.69, 9.17) is 0 Å². The van der Waals surface area contributed by atoms with E-state index in [9.17, 15) is 36.9 Å². The molecule has 0 saturated heterocycles. The quantitative estimate of drug-likeness (QED) is 0.282. The molecule has 0 atom stereocenters. The molecule has 2 N–H and O–H groups in total. The van der Waals surface area contributed by atoms with Gasteiger partial charge >= 0.3 is 18.0 Å². The molecule has 0 aromatic heterocycles. The third-order valence-corrected chi connectivity index (χ3v) is 0.760. The number of carbonyl (C=O) groups excluding carboxylic acids is 1. The highest BCUT2D eigenvalue weighted by molar-refractivity contribution is 5.88.